The first-order chi connectivity index (χ1) is 10.2. The Balaban J connectivity index is 2.27. The van der Waals surface area contributed by atoms with Crippen molar-refractivity contribution in [1.82, 2.24) is 4.57 Å². The van der Waals surface area contributed by atoms with Gasteiger partial charge in [0.25, 0.3) is 5.56 Å². The quantitative estimate of drug-likeness (QED) is 0.749. The van der Waals surface area contributed by atoms with Crippen LogP contribution in [0.25, 0.3) is 11.3 Å². The van der Waals surface area contributed by atoms with Crippen molar-refractivity contribution < 1.29 is 9.47 Å². The Morgan fingerprint density at radius 2 is 1.81 bits per heavy atom. The van der Waals surface area contributed by atoms with Crippen molar-refractivity contribution >= 4 is 15.9 Å². The highest BCUT2D eigenvalue weighted by atomic mass is 79.9. The summed E-state index contributed by atoms with van der Waals surface area (Å²) >= 11 is 3.28. The van der Waals surface area contributed by atoms with E-state index in [0.717, 1.165) is 17.0 Å². The molecule has 5 heteroatoms. The Kier molecular flexibility index (Phi) is 5.59. The first-order valence-corrected chi connectivity index (χ1v) is 7.58. The number of ether oxygens (including phenoxy) is 2. The maximum absolute atomic E-state index is 12.1. The number of pyridine rings is 1. The van der Waals surface area contributed by atoms with Crippen LogP contribution in [0.3, 0.4) is 0 Å². The zero-order chi connectivity index (χ0) is 15.2. The molecule has 2 rings (SSSR count). The normalized spacial score (nSPS) is 10.6. The molecular weight excluding hydrogens is 334 g/mol. The van der Waals surface area contributed by atoms with Gasteiger partial charge in [-0.1, -0.05) is 0 Å². The molecule has 0 spiro atoms. The minimum Gasteiger partial charge on any atom is -0.491 e. The fourth-order valence-corrected chi connectivity index (χ4v) is 2.43. The predicted molar refractivity (Wildman–Crippen MR) is 86.9 cm³/mol. The zero-order valence-electron chi connectivity index (χ0n) is 12.1. The van der Waals surface area contributed by atoms with E-state index >= 15 is 0 Å². The minimum absolute atomic E-state index is 0.0181. The van der Waals surface area contributed by atoms with E-state index in [1.54, 1.807) is 17.7 Å². The van der Waals surface area contributed by atoms with Gasteiger partial charge in [0.05, 0.1) is 16.8 Å². The van der Waals surface area contributed by atoms with Gasteiger partial charge in [0, 0.05) is 13.7 Å². The second kappa shape index (κ2) is 7.43. The molecule has 1 heterocycles. The fourth-order valence-electron chi connectivity index (χ4n) is 2.08. The Bertz CT molecular complexity index is 650. The topological polar surface area (TPSA) is 40.5 Å². The zero-order valence-corrected chi connectivity index (χ0v) is 13.7. The predicted octanol–water partition coefficient (Wildman–Crippen LogP) is 3.32. The molecule has 0 fully saturated rings. The van der Waals surface area contributed by atoms with E-state index in [0.29, 0.717) is 24.2 Å². The van der Waals surface area contributed by atoms with Crippen LogP contribution in [0.2, 0.25) is 0 Å². The first-order valence-electron chi connectivity index (χ1n) is 6.79. The summed E-state index contributed by atoms with van der Waals surface area (Å²) in [7, 11) is 1.64. The van der Waals surface area contributed by atoms with E-state index in [2.05, 4.69) is 15.9 Å². The number of benzene rings is 1. The standard InChI is InChI=1S/C16H18BrNO3/c1-3-18-15(9-8-14(17)16(18)19)12-4-6-13(7-5-12)21-11-10-20-2/h4-9H,3,10-11H2,1-2H3. The van der Waals surface area contributed by atoms with Crippen LogP contribution < -0.4 is 10.3 Å². The number of methoxy groups -OCH3 is 1. The monoisotopic (exact) mass is 351 g/mol. The molecule has 1 aromatic carbocycles. The number of halogens is 1. The van der Waals surface area contributed by atoms with Crippen LogP contribution in [-0.4, -0.2) is 24.9 Å². The number of hydrogen-bond donors (Lipinski definition) is 0. The van der Waals surface area contributed by atoms with Gasteiger partial charge in [-0.25, -0.2) is 0 Å². The maximum atomic E-state index is 12.1. The van der Waals surface area contributed by atoms with Crippen LogP contribution in [-0.2, 0) is 11.3 Å². The molecule has 0 N–H and O–H groups in total. The van der Waals surface area contributed by atoms with Gasteiger partial charge in [0.15, 0.2) is 0 Å². The van der Waals surface area contributed by atoms with Gasteiger partial charge in [0.2, 0.25) is 0 Å². The molecule has 0 amide bonds. The summed E-state index contributed by atoms with van der Waals surface area (Å²) in [5.41, 5.74) is 1.87. The minimum atomic E-state index is -0.0181. The van der Waals surface area contributed by atoms with E-state index in [1.807, 2.05) is 37.3 Å². The second-order valence-electron chi connectivity index (χ2n) is 4.48. The smallest absolute Gasteiger partial charge is 0.265 e. The van der Waals surface area contributed by atoms with Crippen molar-refractivity contribution in [2.75, 3.05) is 20.3 Å². The lowest BCUT2D eigenvalue weighted by atomic mass is 10.1. The summed E-state index contributed by atoms with van der Waals surface area (Å²) in [5.74, 6) is 0.790. The number of hydrogen-bond acceptors (Lipinski definition) is 3. The van der Waals surface area contributed by atoms with Crippen LogP contribution in [0.15, 0.2) is 45.7 Å². The molecule has 0 saturated carbocycles. The van der Waals surface area contributed by atoms with Crippen molar-refractivity contribution in [3.63, 3.8) is 0 Å². The van der Waals surface area contributed by atoms with Gasteiger partial charge in [-0.2, -0.15) is 0 Å². The SMILES string of the molecule is CCn1c(-c2ccc(OCCOC)cc2)ccc(Br)c1=O. The van der Waals surface area contributed by atoms with Crippen LogP contribution in [0.1, 0.15) is 6.92 Å². The van der Waals surface area contributed by atoms with Crippen molar-refractivity contribution in [2.45, 2.75) is 13.5 Å². The molecular formula is C16H18BrNO3. The summed E-state index contributed by atoms with van der Waals surface area (Å²) in [6.07, 6.45) is 0. The number of nitrogens with zero attached hydrogens (tertiary/aromatic N) is 1. The van der Waals surface area contributed by atoms with Gasteiger partial charge in [-0.3, -0.25) is 4.79 Å². The summed E-state index contributed by atoms with van der Waals surface area (Å²) in [6.45, 7) is 3.66. The van der Waals surface area contributed by atoms with E-state index in [-0.39, 0.29) is 5.56 Å². The summed E-state index contributed by atoms with van der Waals surface area (Å²) < 4.78 is 12.8. The largest absolute Gasteiger partial charge is 0.491 e. The number of rotatable bonds is 6. The first kappa shape index (κ1) is 15.8. The Labute approximate surface area is 132 Å². The maximum Gasteiger partial charge on any atom is 0.265 e. The lowest BCUT2D eigenvalue weighted by Gasteiger charge is -2.12. The third-order valence-electron chi connectivity index (χ3n) is 3.15. The third kappa shape index (κ3) is 3.74. The summed E-state index contributed by atoms with van der Waals surface area (Å²) in [4.78, 5) is 12.1. The van der Waals surface area contributed by atoms with E-state index in [9.17, 15) is 4.79 Å². The molecule has 112 valence electrons. The molecule has 2 aromatic rings. The van der Waals surface area contributed by atoms with Crippen molar-refractivity contribution in [3.05, 3.63) is 51.2 Å². The summed E-state index contributed by atoms with van der Waals surface area (Å²) in [6, 6.07) is 11.4. The molecule has 0 aliphatic carbocycles. The Hall–Kier alpha value is -1.59. The van der Waals surface area contributed by atoms with Gasteiger partial charge >= 0.3 is 0 Å². The van der Waals surface area contributed by atoms with Crippen LogP contribution in [0.5, 0.6) is 5.75 Å². The fraction of sp³-hybridized carbons (Fsp3) is 0.312. The van der Waals surface area contributed by atoms with Crippen molar-refractivity contribution in [2.24, 2.45) is 0 Å². The summed E-state index contributed by atoms with van der Waals surface area (Å²) in [5, 5.41) is 0. The van der Waals surface area contributed by atoms with Gasteiger partial charge in [-0.15, -0.1) is 0 Å². The van der Waals surface area contributed by atoms with Gasteiger partial charge < -0.3 is 14.0 Å². The molecule has 21 heavy (non-hydrogen) atoms. The molecule has 0 atom stereocenters. The van der Waals surface area contributed by atoms with E-state index < -0.39 is 0 Å². The second-order valence-corrected chi connectivity index (χ2v) is 5.34. The van der Waals surface area contributed by atoms with Crippen LogP contribution in [0, 0.1) is 0 Å². The average molecular weight is 352 g/mol. The highest BCUT2D eigenvalue weighted by Crippen LogP contribution is 2.22. The lowest BCUT2D eigenvalue weighted by molar-refractivity contribution is 0.146. The molecule has 0 unspecified atom stereocenters. The molecule has 0 bridgehead atoms. The lowest BCUT2D eigenvalue weighted by Crippen LogP contribution is -2.21. The Morgan fingerprint density at radius 1 is 1.10 bits per heavy atom. The highest BCUT2D eigenvalue weighted by Gasteiger charge is 2.08. The average Bonchev–Trinajstić information content (AvgIpc) is 2.51. The van der Waals surface area contributed by atoms with E-state index in [4.69, 9.17) is 9.47 Å². The van der Waals surface area contributed by atoms with Crippen molar-refractivity contribution in [3.8, 4) is 17.0 Å². The van der Waals surface area contributed by atoms with Gasteiger partial charge in [0.1, 0.15) is 12.4 Å². The van der Waals surface area contributed by atoms with E-state index in [1.165, 1.54) is 0 Å². The molecule has 1 aromatic heterocycles. The molecule has 0 saturated heterocycles. The molecule has 0 aliphatic heterocycles. The Morgan fingerprint density at radius 3 is 2.43 bits per heavy atom. The van der Waals surface area contributed by atoms with Crippen LogP contribution in [0.4, 0.5) is 0 Å². The highest BCUT2D eigenvalue weighted by molar-refractivity contribution is 9.10. The number of aromatic nitrogens is 1. The van der Waals surface area contributed by atoms with Gasteiger partial charge in [-0.05, 0) is 64.8 Å². The molecule has 4 nitrogen and oxygen atoms in total. The molecule has 0 aliphatic rings. The van der Waals surface area contributed by atoms with Crippen molar-refractivity contribution in [1.29, 1.82) is 0 Å². The van der Waals surface area contributed by atoms with Crippen LogP contribution >= 0.6 is 15.9 Å². The molecule has 0 radical (unpaired) electrons. The third-order valence-corrected chi connectivity index (χ3v) is 3.75.